The Morgan fingerprint density at radius 1 is 1.15 bits per heavy atom. The van der Waals surface area contributed by atoms with E-state index >= 15 is 0 Å². The second kappa shape index (κ2) is 9.33. The summed E-state index contributed by atoms with van der Waals surface area (Å²) in [7, 11) is 3.08. The lowest BCUT2D eigenvalue weighted by Gasteiger charge is -2.08. The molecule has 2 N–H and O–H groups in total. The molecule has 0 fully saturated rings. The first-order valence-corrected chi connectivity index (χ1v) is 10.8. The number of methoxy groups -OCH3 is 2. The first-order chi connectivity index (χ1) is 15.9. The van der Waals surface area contributed by atoms with Crippen LogP contribution in [0.3, 0.4) is 0 Å². The van der Waals surface area contributed by atoms with Gasteiger partial charge in [-0.2, -0.15) is 5.10 Å². The van der Waals surface area contributed by atoms with Gasteiger partial charge in [0.2, 0.25) is 11.1 Å². The van der Waals surface area contributed by atoms with Gasteiger partial charge in [0.05, 0.1) is 25.7 Å². The van der Waals surface area contributed by atoms with Gasteiger partial charge in [0.15, 0.2) is 11.5 Å². The molecule has 0 bridgehead atoms. The number of H-pyrrole nitrogens is 1. The lowest BCUT2D eigenvalue weighted by molar-refractivity contribution is -0.113. The Morgan fingerprint density at radius 2 is 1.94 bits per heavy atom. The first kappa shape index (κ1) is 22.3. The third kappa shape index (κ3) is 4.67. The summed E-state index contributed by atoms with van der Waals surface area (Å²) in [5.41, 5.74) is 1.95. The number of nitrogens with one attached hydrogen (secondary N) is 2. The lowest BCUT2D eigenvalue weighted by Crippen LogP contribution is -2.17. The molecule has 0 aliphatic carbocycles. The average Bonchev–Trinajstić information content (AvgIpc) is 3.27. The number of carbonyl (C=O) groups excluding carboxylic acids is 1. The topological polar surface area (TPSA) is 111 Å². The highest BCUT2D eigenvalue weighted by atomic mass is 32.2. The number of benzene rings is 2. The smallest absolute Gasteiger partial charge is 0.290 e. The summed E-state index contributed by atoms with van der Waals surface area (Å²) in [4.78, 5) is 24.6. The van der Waals surface area contributed by atoms with Crippen molar-refractivity contribution in [1.29, 1.82) is 0 Å². The average molecular weight is 469 g/mol. The monoisotopic (exact) mass is 469 g/mol. The Morgan fingerprint density at radius 3 is 2.67 bits per heavy atom. The van der Waals surface area contributed by atoms with Crippen LogP contribution in [-0.4, -0.2) is 45.7 Å². The molecule has 1 amide bonds. The molecular weight excluding hydrogens is 449 g/mol. The van der Waals surface area contributed by atoms with Gasteiger partial charge in [-0.15, -0.1) is 5.10 Å². The maximum absolute atomic E-state index is 13.7. The fourth-order valence-corrected chi connectivity index (χ4v) is 3.82. The Bertz CT molecular complexity index is 1400. The van der Waals surface area contributed by atoms with Crippen LogP contribution in [0, 0.1) is 12.7 Å². The molecule has 2 aromatic heterocycles. The fourth-order valence-electron chi connectivity index (χ4n) is 3.12. The summed E-state index contributed by atoms with van der Waals surface area (Å²) in [6, 6.07) is 11.4. The molecule has 0 spiro atoms. The Balaban J connectivity index is 1.57. The second-order valence-corrected chi connectivity index (χ2v) is 7.98. The molecule has 9 nitrogen and oxygen atoms in total. The van der Waals surface area contributed by atoms with Crippen LogP contribution in [-0.2, 0) is 4.79 Å². The maximum Gasteiger partial charge on any atom is 0.290 e. The van der Waals surface area contributed by atoms with E-state index in [2.05, 4.69) is 20.6 Å². The van der Waals surface area contributed by atoms with Gasteiger partial charge in [0.25, 0.3) is 5.56 Å². The molecule has 33 heavy (non-hydrogen) atoms. The van der Waals surface area contributed by atoms with Crippen LogP contribution in [0.15, 0.2) is 52.4 Å². The van der Waals surface area contributed by atoms with Gasteiger partial charge in [-0.1, -0.05) is 17.8 Å². The van der Waals surface area contributed by atoms with Gasteiger partial charge >= 0.3 is 0 Å². The van der Waals surface area contributed by atoms with Gasteiger partial charge in [-0.3, -0.25) is 9.59 Å². The zero-order valence-electron chi connectivity index (χ0n) is 18.0. The van der Waals surface area contributed by atoms with E-state index in [1.165, 1.54) is 17.7 Å². The van der Waals surface area contributed by atoms with Gasteiger partial charge in [-0.25, -0.2) is 14.0 Å². The zero-order valence-corrected chi connectivity index (χ0v) is 18.8. The maximum atomic E-state index is 13.7. The fraction of sp³-hybridized carbons (Fsp3) is 0.182. The summed E-state index contributed by atoms with van der Waals surface area (Å²) in [6.45, 7) is 1.64. The molecule has 0 radical (unpaired) electrons. The van der Waals surface area contributed by atoms with Crippen LogP contribution >= 0.6 is 11.8 Å². The largest absolute Gasteiger partial charge is 0.493 e. The number of aryl methyl sites for hydroxylation is 1. The van der Waals surface area contributed by atoms with E-state index in [1.54, 1.807) is 50.4 Å². The van der Waals surface area contributed by atoms with Crippen LogP contribution in [0.5, 0.6) is 11.5 Å². The van der Waals surface area contributed by atoms with Gasteiger partial charge < -0.3 is 14.8 Å². The second-order valence-electron chi connectivity index (χ2n) is 7.03. The Hall–Kier alpha value is -3.86. The molecule has 4 aromatic rings. The van der Waals surface area contributed by atoms with Crippen LogP contribution < -0.4 is 20.3 Å². The standard InChI is InChI=1S/C22H20FN5O4S/c1-12-4-6-14(9-15(12)23)24-20(29)11-33-22-26-25-21(30)17-10-16(27-28(17)22)13-5-7-18(31-2)19(8-13)32-3/h4-10H,11H2,1-3H3,(H,24,29)(H,25,30). The normalized spacial score (nSPS) is 10.9. The molecule has 0 unspecified atom stereocenters. The van der Waals surface area contributed by atoms with Gasteiger partial charge in [-0.05, 0) is 48.9 Å². The summed E-state index contributed by atoms with van der Waals surface area (Å²) in [5, 5.41) is 13.9. The number of aromatic amines is 1. The van der Waals surface area contributed by atoms with Crippen molar-refractivity contribution in [3.8, 4) is 22.8 Å². The number of amides is 1. The third-order valence-electron chi connectivity index (χ3n) is 4.84. The van der Waals surface area contributed by atoms with Crippen LogP contribution in [0.1, 0.15) is 5.56 Å². The molecule has 2 aromatic carbocycles. The van der Waals surface area contributed by atoms with E-state index in [-0.39, 0.29) is 17.2 Å². The molecule has 0 saturated carbocycles. The Labute approximate surface area is 191 Å². The summed E-state index contributed by atoms with van der Waals surface area (Å²) in [6.07, 6.45) is 0. The van der Waals surface area contributed by atoms with Crippen molar-refractivity contribution in [3.63, 3.8) is 0 Å². The van der Waals surface area contributed by atoms with Crippen molar-refractivity contribution in [3.05, 3.63) is 64.2 Å². The Kier molecular flexibility index (Phi) is 6.31. The number of rotatable bonds is 7. The molecule has 2 heterocycles. The predicted molar refractivity (Wildman–Crippen MR) is 123 cm³/mol. The highest BCUT2D eigenvalue weighted by Gasteiger charge is 2.15. The van der Waals surface area contributed by atoms with E-state index in [1.807, 2.05) is 0 Å². The van der Waals surface area contributed by atoms with Gasteiger partial charge in [0, 0.05) is 11.3 Å². The van der Waals surface area contributed by atoms with Crippen molar-refractivity contribution in [1.82, 2.24) is 19.8 Å². The molecular formula is C22H20FN5O4S. The number of aromatic nitrogens is 4. The van der Waals surface area contributed by atoms with Crippen molar-refractivity contribution in [2.75, 3.05) is 25.3 Å². The molecule has 0 aliphatic rings. The van der Waals surface area contributed by atoms with E-state index in [0.29, 0.717) is 39.2 Å². The zero-order chi connectivity index (χ0) is 23.5. The van der Waals surface area contributed by atoms with E-state index in [9.17, 15) is 14.0 Å². The van der Waals surface area contributed by atoms with E-state index in [0.717, 1.165) is 11.8 Å². The third-order valence-corrected chi connectivity index (χ3v) is 5.77. The van der Waals surface area contributed by atoms with Crippen molar-refractivity contribution < 1.29 is 18.7 Å². The number of hydrogen-bond acceptors (Lipinski definition) is 7. The minimum atomic E-state index is -0.418. The highest BCUT2D eigenvalue weighted by molar-refractivity contribution is 7.99. The summed E-state index contributed by atoms with van der Waals surface area (Å²) >= 11 is 1.08. The van der Waals surface area contributed by atoms with Crippen molar-refractivity contribution >= 4 is 28.9 Å². The van der Waals surface area contributed by atoms with Gasteiger partial charge in [0.1, 0.15) is 11.3 Å². The minimum absolute atomic E-state index is 0.0187. The predicted octanol–water partition coefficient (Wildman–Crippen LogP) is 3.28. The SMILES string of the molecule is COc1ccc(-c2cc3c(=O)[nH]nc(SCC(=O)Nc4ccc(C)c(F)c4)n3n2)cc1OC. The number of thioether (sulfide) groups is 1. The van der Waals surface area contributed by atoms with Crippen molar-refractivity contribution in [2.24, 2.45) is 0 Å². The van der Waals surface area contributed by atoms with Crippen LogP contribution in [0.2, 0.25) is 0 Å². The molecule has 0 aliphatic heterocycles. The number of carbonyl (C=O) groups is 1. The summed E-state index contributed by atoms with van der Waals surface area (Å²) < 4.78 is 25.7. The van der Waals surface area contributed by atoms with Crippen LogP contribution in [0.4, 0.5) is 10.1 Å². The lowest BCUT2D eigenvalue weighted by atomic mass is 10.1. The number of fused-ring (bicyclic) bond motifs is 1. The van der Waals surface area contributed by atoms with E-state index < -0.39 is 11.4 Å². The highest BCUT2D eigenvalue weighted by Crippen LogP contribution is 2.32. The van der Waals surface area contributed by atoms with Crippen LogP contribution in [0.25, 0.3) is 16.8 Å². The first-order valence-electron chi connectivity index (χ1n) is 9.79. The minimum Gasteiger partial charge on any atom is -0.493 e. The number of halogens is 1. The van der Waals surface area contributed by atoms with E-state index in [4.69, 9.17) is 9.47 Å². The molecule has 0 saturated heterocycles. The number of nitrogens with zero attached hydrogens (tertiary/aromatic N) is 3. The molecule has 170 valence electrons. The number of ether oxygens (including phenoxy) is 2. The van der Waals surface area contributed by atoms with Crippen molar-refractivity contribution in [2.45, 2.75) is 12.1 Å². The quantitative estimate of drug-likeness (QED) is 0.400. The molecule has 4 rings (SSSR count). The number of anilines is 1. The summed E-state index contributed by atoms with van der Waals surface area (Å²) in [5.74, 6) is 0.327. The molecule has 11 heteroatoms. The number of hydrogen-bond donors (Lipinski definition) is 2. The molecule has 0 atom stereocenters.